The van der Waals surface area contributed by atoms with E-state index >= 15 is 0 Å². The van der Waals surface area contributed by atoms with E-state index in [0.717, 1.165) is 12.2 Å². The first-order valence-corrected chi connectivity index (χ1v) is 8.54. The van der Waals surface area contributed by atoms with Crippen LogP contribution in [-0.4, -0.2) is 6.10 Å². The van der Waals surface area contributed by atoms with Gasteiger partial charge in [-0.2, -0.15) is 0 Å². The number of benzene rings is 2. The predicted molar refractivity (Wildman–Crippen MR) is 99.6 cm³/mol. The molecule has 1 heteroatoms. The summed E-state index contributed by atoms with van der Waals surface area (Å²) in [5.74, 6) is 1.05. The van der Waals surface area contributed by atoms with Gasteiger partial charge < -0.3 is 4.74 Å². The van der Waals surface area contributed by atoms with Crippen molar-refractivity contribution in [2.45, 2.75) is 66.4 Å². The van der Waals surface area contributed by atoms with E-state index in [1.807, 2.05) is 0 Å². The lowest BCUT2D eigenvalue weighted by atomic mass is 9.79. The lowest BCUT2D eigenvalue weighted by Crippen LogP contribution is -2.18. The number of hydrogen-bond donors (Lipinski definition) is 0. The maximum atomic E-state index is 6.12. The van der Waals surface area contributed by atoms with Gasteiger partial charge in [-0.3, -0.25) is 0 Å². The van der Waals surface area contributed by atoms with Crippen LogP contribution in [0.2, 0.25) is 0 Å². The molecule has 2 aromatic rings. The van der Waals surface area contributed by atoms with Crippen molar-refractivity contribution in [2.24, 2.45) is 0 Å². The van der Waals surface area contributed by atoms with Gasteiger partial charge in [0.1, 0.15) is 5.75 Å². The number of rotatable bonds is 4. The molecular formula is C22H30O. The minimum absolute atomic E-state index is 0.121. The van der Waals surface area contributed by atoms with Crippen molar-refractivity contribution in [3.8, 4) is 5.75 Å². The number of hydrogen-bond acceptors (Lipinski definition) is 1. The summed E-state index contributed by atoms with van der Waals surface area (Å²) in [7, 11) is 0. The van der Waals surface area contributed by atoms with Crippen LogP contribution in [-0.2, 0) is 11.8 Å². The summed E-state index contributed by atoms with van der Waals surface area (Å²) < 4.78 is 6.12. The van der Waals surface area contributed by atoms with Crippen LogP contribution in [0.25, 0.3) is 0 Å². The SMILES string of the molecule is Cc1cc(C(C)(C)C)c(Cc2ccccc2)c(C)c1OC(C)C. The Morgan fingerprint density at radius 1 is 1.00 bits per heavy atom. The summed E-state index contributed by atoms with van der Waals surface area (Å²) in [6, 6.07) is 13.0. The van der Waals surface area contributed by atoms with E-state index in [2.05, 4.69) is 84.9 Å². The smallest absolute Gasteiger partial charge is 0.125 e. The van der Waals surface area contributed by atoms with Crippen LogP contribution < -0.4 is 4.74 Å². The van der Waals surface area contributed by atoms with Gasteiger partial charge in [0.25, 0.3) is 0 Å². The second-order valence-electron chi connectivity index (χ2n) is 7.75. The van der Waals surface area contributed by atoms with Gasteiger partial charge in [0, 0.05) is 0 Å². The minimum atomic E-state index is 0.121. The zero-order valence-electron chi connectivity index (χ0n) is 15.7. The third kappa shape index (κ3) is 4.16. The molecule has 0 heterocycles. The summed E-state index contributed by atoms with van der Waals surface area (Å²) in [6.45, 7) is 15.4. The Kier molecular flexibility index (Phi) is 5.19. The molecule has 23 heavy (non-hydrogen) atoms. The van der Waals surface area contributed by atoms with Crippen molar-refractivity contribution in [2.75, 3.05) is 0 Å². The Morgan fingerprint density at radius 2 is 1.61 bits per heavy atom. The maximum Gasteiger partial charge on any atom is 0.125 e. The molecule has 0 atom stereocenters. The molecule has 0 N–H and O–H groups in total. The molecule has 1 nitrogen and oxygen atoms in total. The van der Waals surface area contributed by atoms with Gasteiger partial charge in [-0.1, -0.05) is 57.2 Å². The molecule has 0 unspecified atom stereocenters. The van der Waals surface area contributed by atoms with Crippen molar-refractivity contribution in [3.05, 3.63) is 64.2 Å². The second-order valence-corrected chi connectivity index (χ2v) is 7.75. The normalized spacial score (nSPS) is 11.8. The molecule has 0 radical (unpaired) electrons. The summed E-state index contributed by atoms with van der Waals surface area (Å²) in [5, 5.41) is 0. The molecule has 124 valence electrons. The van der Waals surface area contributed by atoms with E-state index in [-0.39, 0.29) is 11.5 Å². The first-order chi connectivity index (χ1) is 10.7. The highest BCUT2D eigenvalue weighted by molar-refractivity contribution is 5.53. The van der Waals surface area contributed by atoms with Gasteiger partial charge in [0.15, 0.2) is 0 Å². The highest BCUT2D eigenvalue weighted by Crippen LogP contribution is 2.37. The molecule has 0 aromatic heterocycles. The van der Waals surface area contributed by atoms with Gasteiger partial charge in [-0.15, -0.1) is 0 Å². The van der Waals surface area contributed by atoms with Crippen LogP contribution in [0.15, 0.2) is 36.4 Å². The topological polar surface area (TPSA) is 9.23 Å². The zero-order chi connectivity index (χ0) is 17.2. The van der Waals surface area contributed by atoms with Gasteiger partial charge in [-0.25, -0.2) is 0 Å². The first-order valence-electron chi connectivity index (χ1n) is 8.54. The fraction of sp³-hybridized carbons (Fsp3) is 0.455. The summed E-state index contributed by atoms with van der Waals surface area (Å²) >= 11 is 0. The largest absolute Gasteiger partial charge is 0.490 e. The second kappa shape index (κ2) is 6.78. The Balaban J connectivity index is 2.60. The lowest BCUT2D eigenvalue weighted by molar-refractivity contribution is 0.238. The molecule has 0 fully saturated rings. The Hall–Kier alpha value is -1.76. The molecule has 0 spiro atoms. The van der Waals surface area contributed by atoms with E-state index in [1.54, 1.807) is 0 Å². The molecule has 0 bridgehead atoms. The van der Waals surface area contributed by atoms with Gasteiger partial charge in [-0.05, 0) is 67.3 Å². The third-order valence-corrected chi connectivity index (χ3v) is 4.22. The monoisotopic (exact) mass is 310 g/mol. The van der Waals surface area contributed by atoms with Crippen LogP contribution >= 0.6 is 0 Å². The zero-order valence-corrected chi connectivity index (χ0v) is 15.7. The van der Waals surface area contributed by atoms with Crippen LogP contribution in [0.1, 0.15) is 62.4 Å². The highest BCUT2D eigenvalue weighted by atomic mass is 16.5. The Bertz CT molecular complexity index is 661. The van der Waals surface area contributed by atoms with Crippen molar-refractivity contribution in [1.29, 1.82) is 0 Å². The summed E-state index contributed by atoms with van der Waals surface area (Å²) in [6.07, 6.45) is 1.14. The van der Waals surface area contributed by atoms with Crippen molar-refractivity contribution in [1.82, 2.24) is 0 Å². The molecule has 0 saturated heterocycles. The molecular weight excluding hydrogens is 280 g/mol. The number of ether oxygens (including phenoxy) is 1. The molecule has 0 aliphatic rings. The molecule has 0 aliphatic heterocycles. The Labute approximate surface area is 141 Å². The predicted octanol–water partition coefficient (Wildman–Crippen LogP) is 5.98. The maximum absolute atomic E-state index is 6.12. The van der Waals surface area contributed by atoms with E-state index in [0.29, 0.717) is 0 Å². The fourth-order valence-corrected chi connectivity index (χ4v) is 3.12. The van der Waals surface area contributed by atoms with Crippen LogP contribution in [0.4, 0.5) is 0 Å². The van der Waals surface area contributed by atoms with Gasteiger partial charge >= 0.3 is 0 Å². The van der Waals surface area contributed by atoms with Crippen LogP contribution in [0.5, 0.6) is 5.75 Å². The molecule has 2 aromatic carbocycles. The third-order valence-electron chi connectivity index (χ3n) is 4.22. The first kappa shape index (κ1) is 17.6. The van der Waals surface area contributed by atoms with Crippen molar-refractivity contribution in [3.63, 3.8) is 0 Å². The van der Waals surface area contributed by atoms with E-state index in [1.165, 1.54) is 27.8 Å². The summed E-state index contributed by atoms with van der Waals surface area (Å²) in [5.41, 5.74) is 6.82. The number of aryl methyl sites for hydroxylation is 1. The van der Waals surface area contributed by atoms with E-state index < -0.39 is 0 Å². The lowest BCUT2D eigenvalue weighted by Gasteiger charge is -2.28. The Morgan fingerprint density at radius 3 is 2.13 bits per heavy atom. The molecule has 0 aliphatic carbocycles. The average Bonchev–Trinajstić information content (AvgIpc) is 2.46. The standard InChI is InChI=1S/C22H30O/c1-15(2)23-21-16(3)13-20(22(5,6)7)19(17(21)4)14-18-11-9-8-10-12-18/h8-13,15H,14H2,1-7H3. The highest BCUT2D eigenvalue weighted by Gasteiger charge is 2.23. The van der Waals surface area contributed by atoms with Crippen LogP contribution in [0.3, 0.4) is 0 Å². The fourth-order valence-electron chi connectivity index (χ4n) is 3.12. The molecule has 0 amide bonds. The van der Waals surface area contributed by atoms with Gasteiger partial charge in [0.05, 0.1) is 6.10 Å². The van der Waals surface area contributed by atoms with E-state index in [9.17, 15) is 0 Å². The average molecular weight is 310 g/mol. The minimum Gasteiger partial charge on any atom is -0.490 e. The summed E-state index contributed by atoms with van der Waals surface area (Å²) in [4.78, 5) is 0. The van der Waals surface area contributed by atoms with Crippen LogP contribution in [0, 0.1) is 13.8 Å². The van der Waals surface area contributed by atoms with Crippen molar-refractivity contribution < 1.29 is 4.74 Å². The van der Waals surface area contributed by atoms with Crippen molar-refractivity contribution >= 4 is 0 Å². The van der Waals surface area contributed by atoms with Gasteiger partial charge in [0.2, 0.25) is 0 Å². The quantitative estimate of drug-likeness (QED) is 0.675. The molecule has 0 saturated carbocycles. The van der Waals surface area contributed by atoms with E-state index in [4.69, 9.17) is 4.74 Å². The molecule has 2 rings (SSSR count).